The highest BCUT2D eigenvalue weighted by molar-refractivity contribution is 7.92. The molecule has 2 N–H and O–H groups in total. The molecule has 1 aliphatic rings. The number of ether oxygens (including phenoxy) is 1. The second-order valence-electron chi connectivity index (χ2n) is 7.54. The average Bonchev–Trinajstić information content (AvgIpc) is 3.36. The quantitative estimate of drug-likeness (QED) is 0.488. The number of methoxy groups -OCH3 is 1. The molecule has 8 nitrogen and oxygen atoms in total. The smallest absolute Gasteiger partial charge is 0.229 e. The van der Waals surface area contributed by atoms with Gasteiger partial charge in [-0.25, -0.2) is 8.42 Å². The first-order valence-electron chi connectivity index (χ1n) is 10.1. The van der Waals surface area contributed by atoms with E-state index in [4.69, 9.17) is 17.0 Å². The molecule has 3 aromatic rings. The Labute approximate surface area is 193 Å². The lowest BCUT2D eigenvalue weighted by molar-refractivity contribution is 0.186. The number of rotatable bonds is 8. The number of hydrogen-bond donors (Lipinski definition) is 2. The second kappa shape index (κ2) is 9.27. The molecule has 168 valence electrons. The normalized spacial score (nSPS) is 18.6. The summed E-state index contributed by atoms with van der Waals surface area (Å²) in [7, 11) is -1.67. The van der Waals surface area contributed by atoms with Crippen LogP contribution in [-0.2, 0) is 21.3 Å². The number of benzene rings is 1. The maximum atomic E-state index is 11.6. The highest BCUT2D eigenvalue weighted by atomic mass is 32.2. The lowest BCUT2D eigenvalue weighted by Crippen LogP contribution is -2.30. The van der Waals surface area contributed by atoms with E-state index in [0.29, 0.717) is 24.0 Å². The molecule has 32 heavy (non-hydrogen) atoms. The van der Waals surface area contributed by atoms with Crippen molar-refractivity contribution in [1.29, 1.82) is 0 Å². The molecule has 0 unspecified atom stereocenters. The summed E-state index contributed by atoms with van der Waals surface area (Å²) in [5.74, 6) is 0. The Bertz CT molecular complexity index is 1180. The number of hydrogen-bond acceptors (Lipinski definition) is 5. The summed E-state index contributed by atoms with van der Waals surface area (Å²) in [6, 6.07) is 16.8. The van der Waals surface area contributed by atoms with Crippen LogP contribution >= 0.6 is 12.2 Å². The Balaban J connectivity index is 1.75. The number of anilines is 2. The molecule has 0 radical (unpaired) electrons. The molecule has 1 aromatic carbocycles. The van der Waals surface area contributed by atoms with Gasteiger partial charge in [0.1, 0.15) is 6.04 Å². The third-order valence-corrected chi connectivity index (χ3v) is 6.17. The molecule has 0 amide bonds. The van der Waals surface area contributed by atoms with Gasteiger partial charge in [0, 0.05) is 43.1 Å². The van der Waals surface area contributed by atoms with Crippen molar-refractivity contribution in [2.45, 2.75) is 18.6 Å². The van der Waals surface area contributed by atoms with E-state index in [-0.39, 0.29) is 12.1 Å². The van der Waals surface area contributed by atoms with Gasteiger partial charge < -0.3 is 19.5 Å². The van der Waals surface area contributed by atoms with Gasteiger partial charge in [-0.2, -0.15) is 0 Å². The van der Waals surface area contributed by atoms with Crippen molar-refractivity contribution in [2.75, 3.05) is 29.6 Å². The summed E-state index contributed by atoms with van der Waals surface area (Å²) in [6.45, 7) is 1.30. The molecule has 0 bridgehead atoms. The Morgan fingerprint density at radius 2 is 1.94 bits per heavy atom. The molecule has 1 saturated heterocycles. The molecule has 2 aromatic heterocycles. The van der Waals surface area contributed by atoms with Crippen LogP contribution < -0.4 is 14.9 Å². The van der Waals surface area contributed by atoms with Crippen LogP contribution in [0, 0.1) is 0 Å². The van der Waals surface area contributed by atoms with Crippen LogP contribution in [0.4, 0.5) is 11.4 Å². The minimum atomic E-state index is -3.35. The lowest BCUT2D eigenvalue weighted by atomic mass is 10.0. The predicted molar refractivity (Wildman–Crippen MR) is 129 cm³/mol. The van der Waals surface area contributed by atoms with Crippen molar-refractivity contribution >= 4 is 38.7 Å². The summed E-state index contributed by atoms with van der Waals surface area (Å²) in [5, 5.41) is 4.01. The fraction of sp³-hybridized carbons (Fsp3) is 0.273. The third kappa shape index (κ3) is 4.77. The van der Waals surface area contributed by atoms with Crippen LogP contribution in [0.15, 0.2) is 67.0 Å². The van der Waals surface area contributed by atoms with Crippen LogP contribution in [0.3, 0.4) is 0 Å². The molecule has 1 aliphatic heterocycles. The molecule has 0 aliphatic carbocycles. The van der Waals surface area contributed by atoms with Gasteiger partial charge in [-0.1, -0.05) is 6.07 Å². The van der Waals surface area contributed by atoms with E-state index in [1.165, 1.54) is 0 Å². The van der Waals surface area contributed by atoms with Crippen LogP contribution in [0.1, 0.15) is 23.5 Å². The van der Waals surface area contributed by atoms with Gasteiger partial charge in [-0.3, -0.25) is 9.71 Å². The predicted octanol–water partition coefficient (Wildman–Crippen LogP) is 3.08. The summed E-state index contributed by atoms with van der Waals surface area (Å²) >= 11 is 5.74. The van der Waals surface area contributed by atoms with Crippen LogP contribution in [0.25, 0.3) is 0 Å². The Kier molecular flexibility index (Phi) is 6.45. The third-order valence-electron chi connectivity index (χ3n) is 5.25. The molecule has 1 fully saturated rings. The Hall–Kier alpha value is -2.95. The fourth-order valence-electron chi connectivity index (χ4n) is 3.93. The maximum Gasteiger partial charge on any atom is 0.229 e. The first kappa shape index (κ1) is 22.3. The highest BCUT2D eigenvalue weighted by Crippen LogP contribution is 2.41. The number of nitrogens with zero attached hydrogens (tertiary/aromatic N) is 3. The van der Waals surface area contributed by atoms with Gasteiger partial charge in [0.25, 0.3) is 0 Å². The van der Waals surface area contributed by atoms with Crippen molar-refractivity contribution in [1.82, 2.24) is 14.9 Å². The van der Waals surface area contributed by atoms with E-state index >= 15 is 0 Å². The lowest BCUT2D eigenvalue weighted by Gasteiger charge is -2.29. The van der Waals surface area contributed by atoms with Crippen LogP contribution in [-0.4, -0.2) is 43.1 Å². The van der Waals surface area contributed by atoms with Gasteiger partial charge >= 0.3 is 0 Å². The largest absolute Gasteiger partial charge is 0.383 e. The number of aromatic nitrogens is 2. The molecule has 2 atom stereocenters. The monoisotopic (exact) mass is 471 g/mol. The minimum absolute atomic E-state index is 0.155. The van der Waals surface area contributed by atoms with Crippen molar-refractivity contribution in [2.24, 2.45) is 0 Å². The highest BCUT2D eigenvalue weighted by Gasteiger charge is 2.41. The van der Waals surface area contributed by atoms with Gasteiger partial charge in [0.05, 0.1) is 24.6 Å². The zero-order chi connectivity index (χ0) is 22.7. The average molecular weight is 472 g/mol. The summed E-state index contributed by atoms with van der Waals surface area (Å²) < 4.78 is 33.0. The van der Waals surface area contributed by atoms with Crippen molar-refractivity contribution in [3.05, 3.63) is 78.4 Å². The first-order valence-corrected chi connectivity index (χ1v) is 12.4. The second-order valence-corrected chi connectivity index (χ2v) is 9.67. The Morgan fingerprint density at radius 3 is 2.59 bits per heavy atom. The maximum absolute atomic E-state index is 11.6. The topological polar surface area (TPSA) is 88.5 Å². The Morgan fingerprint density at radius 1 is 1.16 bits per heavy atom. The van der Waals surface area contributed by atoms with Crippen molar-refractivity contribution in [3.8, 4) is 0 Å². The van der Waals surface area contributed by atoms with Gasteiger partial charge in [-0.15, -0.1) is 0 Å². The molecule has 0 spiro atoms. The summed E-state index contributed by atoms with van der Waals surface area (Å²) in [5.41, 5.74) is 3.31. The minimum Gasteiger partial charge on any atom is -0.383 e. The number of thiocarbonyl (C=S) groups is 1. The molecule has 10 heteroatoms. The zero-order valence-corrected chi connectivity index (χ0v) is 19.4. The van der Waals surface area contributed by atoms with E-state index in [1.54, 1.807) is 25.4 Å². The number of nitrogens with one attached hydrogen (secondary N) is 2. The summed E-state index contributed by atoms with van der Waals surface area (Å²) in [4.78, 5) is 6.62. The number of pyridine rings is 1. The van der Waals surface area contributed by atoms with Crippen LogP contribution in [0.5, 0.6) is 0 Å². The van der Waals surface area contributed by atoms with E-state index in [9.17, 15) is 8.42 Å². The molecule has 4 rings (SSSR count). The zero-order valence-electron chi connectivity index (χ0n) is 17.8. The number of sulfonamides is 1. The van der Waals surface area contributed by atoms with Gasteiger partial charge in [0.15, 0.2) is 5.11 Å². The SMILES string of the molecule is COCCn1cccc1[C@H]1[C@H](c2ccccn2)NC(=S)N1c1ccc(NS(C)(=O)=O)cc1. The fourth-order valence-corrected chi connectivity index (χ4v) is 4.84. The summed E-state index contributed by atoms with van der Waals surface area (Å²) in [6.07, 6.45) is 4.93. The van der Waals surface area contributed by atoms with E-state index in [0.717, 1.165) is 23.3 Å². The standard InChI is InChI=1S/C22H25N5O3S2/c1-30-15-14-26-13-5-7-19(26)21-20(18-6-3-4-12-23-18)24-22(31)27(21)17-10-8-16(9-11-17)25-32(2,28)29/h3-13,20-21,25H,14-15H2,1-2H3,(H,24,31)/t20-,21-/m0/s1. The van der Waals surface area contributed by atoms with Gasteiger partial charge in [-0.05, 0) is 60.7 Å². The van der Waals surface area contributed by atoms with E-state index in [1.807, 2.05) is 42.6 Å². The molecular formula is C22H25N5O3S2. The van der Waals surface area contributed by atoms with Crippen molar-refractivity contribution in [3.63, 3.8) is 0 Å². The molecule has 3 heterocycles. The van der Waals surface area contributed by atoms with E-state index < -0.39 is 10.0 Å². The molecule has 0 saturated carbocycles. The first-order chi connectivity index (χ1) is 15.4. The van der Waals surface area contributed by atoms with Crippen LogP contribution in [0.2, 0.25) is 0 Å². The van der Waals surface area contributed by atoms with Gasteiger partial charge in [0.2, 0.25) is 10.0 Å². The molecular weight excluding hydrogens is 446 g/mol. The van der Waals surface area contributed by atoms with Crippen molar-refractivity contribution < 1.29 is 13.2 Å². The van der Waals surface area contributed by atoms with E-state index in [2.05, 4.69) is 30.6 Å².